The van der Waals surface area contributed by atoms with Crippen LogP contribution in [0.5, 0.6) is 0 Å². The molecule has 1 aliphatic heterocycles. The van der Waals surface area contributed by atoms with Crippen molar-refractivity contribution >= 4 is 17.5 Å². The second-order valence-corrected chi connectivity index (χ2v) is 16.2. The minimum atomic E-state index is -0.922. The molecule has 0 saturated carbocycles. The summed E-state index contributed by atoms with van der Waals surface area (Å²) >= 11 is 0. The number of hydrogen-bond acceptors (Lipinski definition) is 5. The van der Waals surface area contributed by atoms with E-state index in [0.29, 0.717) is 37.1 Å². The molecule has 1 aliphatic rings. The van der Waals surface area contributed by atoms with Crippen molar-refractivity contribution in [1.29, 1.82) is 0 Å². The third kappa shape index (κ3) is 12.7. The zero-order valence-corrected chi connectivity index (χ0v) is 32.1. The number of ketones is 2. The van der Waals surface area contributed by atoms with E-state index < -0.39 is 34.6 Å². The number of carbonyl (C=O) groups excluding carboxylic acids is 2. The Balaban J connectivity index is 1.52. The molecule has 3 heterocycles. The number of carboxylic acid groups (broad SMARTS) is 1. The molecule has 50 heavy (non-hydrogen) atoms. The maximum absolute atomic E-state index is 13.9. The summed E-state index contributed by atoms with van der Waals surface area (Å²) in [5.74, 6) is -2.23. The highest BCUT2D eigenvalue weighted by Crippen LogP contribution is 2.38. The van der Waals surface area contributed by atoms with E-state index in [-0.39, 0.29) is 18.0 Å². The smallest absolute Gasteiger partial charge is 0.304 e. The van der Waals surface area contributed by atoms with E-state index in [1.807, 2.05) is 40.0 Å². The van der Waals surface area contributed by atoms with Crippen LogP contribution in [-0.4, -0.2) is 51.1 Å². The SMILES string of the molecule is CCCCCCCC=CCCCCCCC(C)(C)C(=O)c1cc[nH]c1CCCC(CC(=O)O)c1[nH]ccc1C(=O)C1OC(C)(C)OCC1(C)C. The fourth-order valence-electron chi connectivity index (χ4n) is 7.07. The van der Waals surface area contributed by atoms with Crippen molar-refractivity contribution in [3.05, 3.63) is 59.2 Å². The first-order valence-electron chi connectivity index (χ1n) is 19.3. The van der Waals surface area contributed by atoms with Crippen LogP contribution in [0.15, 0.2) is 36.7 Å². The van der Waals surface area contributed by atoms with Crippen LogP contribution in [0.1, 0.15) is 183 Å². The zero-order chi connectivity index (χ0) is 36.8. The van der Waals surface area contributed by atoms with Gasteiger partial charge >= 0.3 is 5.97 Å². The van der Waals surface area contributed by atoms with Gasteiger partial charge in [0.1, 0.15) is 6.10 Å². The molecule has 0 radical (unpaired) electrons. The van der Waals surface area contributed by atoms with Crippen molar-refractivity contribution < 1.29 is 29.0 Å². The molecule has 2 aromatic heterocycles. The van der Waals surface area contributed by atoms with Gasteiger partial charge in [0.2, 0.25) is 0 Å². The molecular weight excluding hydrogens is 628 g/mol. The molecule has 0 amide bonds. The van der Waals surface area contributed by atoms with E-state index >= 15 is 0 Å². The van der Waals surface area contributed by atoms with Gasteiger partial charge in [0.05, 0.1) is 13.0 Å². The summed E-state index contributed by atoms with van der Waals surface area (Å²) in [6.45, 7) is 14.2. The van der Waals surface area contributed by atoms with Gasteiger partial charge in [0.25, 0.3) is 0 Å². The standard InChI is InChI=1S/C42H66N2O6/c1-8-9-10-11-12-13-14-15-16-17-18-19-20-26-40(2,3)38(48)32-24-27-43-34(32)23-21-22-31(29-35(45)46)36-33(25-28-44-36)37(47)39-41(4,5)30-49-42(6,7)50-39/h14-15,24-25,27-28,31,39,43-44H,8-13,16-23,26,29-30H2,1-7H3,(H,45,46). The van der Waals surface area contributed by atoms with Gasteiger partial charge in [0.15, 0.2) is 17.4 Å². The highest BCUT2D eigenvalue weighted by atomic mass is 16.7. The topological polar surface area (TPSA) is 121 Å². The fraction of sp³-hybridized carbons (Fsp3) is 0.690. The molecule has 1 fully saturated rings. The van der Waals surface area contributed by atoms with Gasteiger partial charge in [-0.05, 0) is 77.3 Å². The molecule has 0 spiro atoms. The van der Waals surface area contributed by atoms with E-state index in [0.717, 1.165) is 36.9 Å². The largest absolute Gasteiger partial charge is 0.481 e. The van der Waals surface area contributed by atoms with Crippen molar-refractivity contribution in [2.45, 2.75) is 169 Å². The predicted octanol–water partition coefficient (Wildman–Crippen LogP) is 10.8. The van der Waals surface area contributed by atoms with Crippen LogP contribution < -0.4 is 0 Å². The first kappa shape index (κ1) is 41.5. The Morgan fingerprint density at radius 3 is 2.18 bits per heavy atom. The number of carboxylic acids is 1. The van der Waals surface area contributed by atoms with Crippen LogP contribution >= 0.6 is 0 Å². The maximum Gasteiger partial charge on any atom is 0.304 e. The lowest BCUT2D eigenvalue weighted by atomic mass is 9.79. The maximum atomic E-state index is 13.9. The first-order valence-corrected chi connectivity index (χ1v) is 19.3. The van der Waals surface area contributed by atoms with Gasteiger partial charge in [-0.25, -0.2) is 0 Å². The summed E-state index contributed by atoms with van der Waals surface area (Å²) in [6, 6.07) is 3.61. The number of aliphatic carboxylic acids is 1. The summed E-state index contributed by atoms with van der Waals surface area (Å²) in [7, 11) is 0. The molecule has 0 aliphatic carbocycles. The molecular formula is C42H66N2O6. The van der Waals surface area contributed by atoms with Crippen molar-refractivity contribution in [3.8, 4) is 0 Å². The molecule has 2 unspecified atom stereocenters. The Kier molecular flexibility index (Phi) is 16.2. The summed E-state index contributed by atoms with van der Waals surface area (Å²) < 4.78 is 11.9. The van der Waals surface area contributed by atoms with Crippen molar-refractivity contribution in [2.24, 2.45) is 10.8 Å². The molecule has 2 aromatic rings. The van der Waals surface area contributed by atoms with E-state index in [4.69, 9.17) is 9.47 Å². The first-order chi connectivity index (χ1) is 23.7. The summed E-state index contributed by atoms with van der Waals surface area (Å²) in [6.07, 6.45) is 23.6. The number of Topliss-reactive ketones (excluding diaryl/α,β-unsaturated/α-hetero) is 2. The second kappa shape index (κ2) is 19.6. The van der Waals surface area contributed by atoms with Gasteiger partial charge < -0.3 is 24.5 Å². The van der Waals surface area contributed by atoms with Crippen molar-refractivity contribution in [2.75, 3.05) is 6.61 Å². The molecule has 0 bridgehead atoms. The number of unbranched alkanes of at least 4 members (excludes halogenated alkanes) is 9. The highest BCUT2D eigenvalue weighted by molar-refractivity contribution is 6.02. The molecule has 2 atom stereocenters. The van der Waals surface area contributed by atoms with E-state index in [1.54, 1.807) is 26.1 Å². The van der Waals surface area contributed by atoms with E-state index in [1.165, 1.54) is 51.4 Å². The highest BCUT2D eigenvalue weighted by Gasteiger charge is 2.46. The average Bonchev–Trinajstić information content (AvgIpc) is 3.73. The Bertz CT molecular complexity index is 1380. The summed E-state index contributed by atoms with van der Waals surface area (Å²) in [4.78, 5) is 46.0. The predicted molar refractivity (Wildman–Crippen MR) is 201 cm³/mol. The number of aromatic nitrogens is 2. The fourth-order valence-corrected chi connectivity index (χ4v) is 7.07. The lowest BCUT2D eigenvalue weighted by Crippen LogP contribution is -2.53. The van der Waals surface area contributed by atoms with Crippen LogP contribution in [0.4, 0.5) is 0 Å². The van der Waals surface area contributed by atoms with Gasteiger partial charge in [-0.3, -0.25) is 14.4 Å². The Labute approximate surface area is 301 Å². The van der Waals surface area contributed by atoms with Crippen LogP contribution in [0, 0.1) is 10.8 Å². The number of carbonyl (C=O) groups is 3. The molecule has 8 nitrogen and oxygen atoms in total. The van der Waals surface area contributed by atoms with Crippen molar-refractivity contribution in [1.82, 2.24) is 9.97 Å². The number of H-pyrrole nitrogens is 2. The van der Waals surface area contributed by atoms with Gasteiger partial charge in [-0.1, -0.05) is 91.7 Å². The molecule has 3 N–H and O–H groups in total. The van der Waals surface area contributed by atoms with Crippen molar-refractivity contribution in [3.63, 3.8) is 0 Å². The minimum absolute atomic E-state index is 0.108. The molecule has 0 aromatic carbocycles. The quantitative estimate of drug-likeness (QED) is 0.0571. The molecule has 3 rings (SSSR count). The molecule has 280 valence electrons. The zero-order valence-electron chi connectivity index (χ0n) is 32.1. The molecule has 8 heteroatoms. The van der Waals surface area contributed by atoms with Gasteiger partial charge in [-0.15, -0.1) is 0 Å². The Morgan fingerprint density at radius 1 is 0.900 bits per heavy atom. The normalized spacial score (nSPS) is 18.0. The number of aryl methyl sites for hydroxylation is 1. The Morgan fingerprint density at radius 2 is 1.52 bits per heavy atom. The number of allylic oxidation sites excluding steroid dienone is 2. The van der Waals surface area contributed by atoms with Crippen LogP contribution in [0.3, 0.4) is 0 Å². The number of aromatic amines is 2. The lowest BCUT2D eigenvalue weighted by molar-refractivity contribution is -0.298. The van der Waals surface area contributed by atoms with Crippen LogP contribution in [0.2, 0.25) is 0 Å². The number of nitrogens with one attached hydrogen (secondary N) is 2. The summed E-state index contributed by atoms with van der Waals surface area (Å²) in [5.41, 5.74) is 1.69. The van der Waals surface area contributed by atoms with Crippen LogP contribution in [-0.2, 0) is 20.7 Å². The number of hydrogen-bond donors (Lipinski definition) is 3. The lowest BCUT2D eigenvalue weighted by Gasteiger charge is -2.45. The number of rotatable bonds is 24. The van der Waals surface area contributed by atoms with E-state index in [2.05, 4.69) is 29.0 Å². The van der Waals surface area contributed by atoms with Crippen LogP contribution in [0.25, 0.3) is 0 Å². The average molecular weight is 695 g/mol. The van der Waals surface area contributed by atoms with E-state index in [9.17, 15) is 19.5 Å². The summed E-state index contributed by atoms with van der Waals surface area (Å²) in [5, 5.41) is 9.80. The van der Waals surface area contributed by atoms with Gasteiger partial charge in [0, 0.05) is 51.7 Å². The third-order valence-corrected chi connectivity index (χ3v) is 10.3. The molecule has 1 saturated heterocycles. The number of ether oxygens (including phenoxy) is 2. The monoisotopic (exact) mass is 694 g/mol. The minimum Gasteiger partial charge on any atom is -0.481 e. The third-order valence-electron chi connectivity index (χ3n) is 10.3. The Hall–Kier alpha value is -2.97. The van der Waals surface area contributed by atoms with Gasteiger partial charge in [-0.2, -0.15) is 0 Å². The second-order valence-electron chi connectivity index (χ2n) is 16.2.